The number of nitrogens with zero attached hydrogens (tertiary/aromatic N) is 1. The van der Waals surface area contributed by atoms with Crippen LogP contribution >= 0.6 is 0 Å². The van der Waals surface area contributed by atoms with Gasteiger partial charge in [-0.05, 0) is 31.9 Å². The molecule has 108 valence electrons. The van der Waals surface area contributed by atoms with Crippen LogP contribution in [0.4, 0.5) is 0 Å². The summed E-state index contributed by atoms with van der Waals surface area (Å²) in [5.74, 6) is -1.71. The first-order chi connectivity index (χ1) is 9.47. The van der Waals surface area contributed by atoms with Gasteiger partial charge in [0.2, 0.25) is 11.8 Å². The number of amides is 2. The molecule has 0 aliphatic heterocycles. The molecule has 2 rings (SSSR count). The second kappa shape index (κ2) is 5.77. The highest BCUT2D eigenvalue weighted by atomic mass is 16.4. The quantitative estimate of drug-likeness (QED) is 0.680. The average molecular weight is 279 g/mol. The lowest BCUT2D eigenvalue weighted by atomic mass is 10.3. The molecule has 1 atom stereocenters. The number of hydrogen-bond donors (Lipinski definition) is 3. The molecule has 0 spiro atoms. The third-order valence-corrected chi connectivity index (χ3v) is 3.06. The van der Waals surface area contributed by atoms with E-state index in [0.717, 1.165) is 12.8 Å². The highest BCUT2D eigenvalue weighted by Gasteiger charge is 2.26. The van der Waals surface area contributed by atoms with Gasteiger partial charge in [0, 0.05) is 12.2 Å². The van der Waals surface area contributed by atoms with Crippen LogP contribution in [-0.4, -0.2) is 39.5 Å². The van der Waals surface area contributed by atoms with Gasteiger partial charge >= 0.3 is 5.97 Å². The number of carbonyl (C=O) groups excluding carboxylic acids is 2. The van der Waals surface area contributed by atoms with Gasteiger partial charge in [-0.15, -0.1) is 0 Å². The Labute approximate surface area is 116 Å². The summed E-state index contributed by atoms with van der Waals surface area (Å²) in [6.07, 6.45) is 3.48. The third kappa shape index (κ3) is 3.59. The number of rotatable bonds is 6. The van der Waals surface area contributed by atoms with E-state index >= 15 is 0 Å². The van der Waals surface area contributed by atoms with Gasteiger partial charge in [0.05, 0.1) is 0 Å². The molecule has 1 saturated carbocycles. The molecular formula is C13H17N3O4. The standard InChI is InChI=1S/C13H17N3O4/c1-8(12(18)15-9-4-5-9)14-11(17)7-16-6-2-3-10(16)13(19)20/h2-3,6,8-9H,4-5,7H2,1H3,(H,14,17)(H,15,18)(H,19,20). The van der Waals surface area contributed by atoms with E-state index in [-0.39, 0.29) is 24.2 Å². The average Bonchev–Trinajstić information content (AvgIpc) is 3.05. The molecule has 2 amide bonds. The van der Waals surface area contributed by atoms with E-state index in [1.807, 2.05) is 0 Å². The number of carboxylic acid groups (broad SMARTS) is 1. The van der Waals surface area contributed by atoms with Gasteiger partial charge in [0.25, 0.3) is 0 Å². The topological polar surface area (TPSA) is 100 Å². The minimum Gasteiger partial charge on any atom is -0.477 e. The summed E-state index contributed by atoms with van der Waals surface area (Å²) < 4.78 is 1.32. The van der Waals surface area contributed by atoms with Crippen molar-refractivity contribution < 1.29 is 19.5 Å². The zero-order chi connectivity index (χ0) is 14.7. The minimum absolute atomic E-state index is 0.0373. The summed E-state index contributed by atoms with van der Waals surface area (Å²) in [5, 5.41) is 14.3. The maximum Gasteiger partial charge on any atom is 0.352 e. The lowest BCUT2D eigenvalue weighted by Crippen LogP contribution is -2.46. The second-order valence-electron chi connectivity index (χ2n) is 4.90. The number of aromatic nitrogens is 1. The Kier molecular flexibility index (Phi) is 4.07. The summed E-state index contributed by atoms with van der Waals surface area (Å²) in [5.41, 5.74) is 0.0373. The molecule has 1 aliphatic rings. The summed E-state index contributed by atoms with van der Waals surface area (Å²) in [6, 6.07) is 2.58. The van der Waals surface area contributed by atoms with Gasteiger partial charge in [-0.2, -0.15) is 0 Å². The Morgan fingerprint density at radius 2 is 2.15 bits per heavy atom. The molecule has 0 saturated heterocycles. The number of aromatic carboxylic acids is 1. The van der Waals surface area contributed by atoms with Gasteiger partial charge < -0.3 is 20.3 Å². The van der Waals surface area contributed by atoms with Crippen molar-refractivity contribution in [1.82, 2.24) is 15.2 Å². The lowest BCUT2D eigenvalue weighted by molar-refractivity contribution is -0.129. The van der Waals surface area contributed by atoms with Gasteiger partial charge in [0.1, 0.15) is 18.3 Å². The van der Waals surface area contributed by atoms with Crippen LogP contribution in [0.5, 0.6) is 0 Å². The highest BCUT2D eigenvalue weighted by molar-refractivity contribution is 5.89. The first-order valence-electron chi connectivity index (χ1n) is 6.45. The Bertz CT molecular complexity index is 533. The Morgan fingerprint density at radius 1 is 1.45 bits per heavy atom. The van der Waals surface area contributed by atoms with Crippen molar-refractivity contribution >= 4 is 17.8 Å². The van der Waals surface area contributed by atoms with Crippen LogP contribution in [0.3, 0.4) is 0 Å². The Balaban J connectivity index is 1.86. The Morgan fingerprint density at radius 3 is 2.75 bits per heavy atom. The summed E-state index contributed by atoms with van der Waals surface area (Å²) in [4.78, 5) is 34.4. The van der Waals surface area contributed by atoms with Crippen molar-refractivity contribution in [2.75, 3.05) is 0 Å². The number of carbonyl (C=O) groups is 3. The molecule has 7 nitrogen and oxygen atoms in total. The zero-order valence-corrected chi connectivity index (χ0v) is 11.1. The van der Waals surface area contributed by atoms with Crippen LogP contribution in [0.2, 0.25) is 0 Å². The lowest BCUT2D eigenvalue weighted by Gasteiger charge is -2.14. The van der Waals surface area contributed by atoms with E-state index < -0.39 is 17.9 Å². The number of carboxylic acids is 1. The van der Waals surface area contributed by atoms with Crippen LogP contribution < -0.4 is 10.6 Å². The maximum absolute atomic E-state index is 11.8. The smallest absolute Gasteiger partial charge is 0.352 e. The van der Waals surface area contributed by atoms with E-state index in [4.69, 9.17) is 5.11 Å². The van der Waals surface area contributed by atoms with Gasteiger partial charge in [-0.3, -0.25) is 9.59 Å². The molecule has 0 bridgehead atoms. The maximum atomic E-state index is 11.8. The first kappa shape index (κ1) is 14.1. The van der Waals surface area contributed by atoms with E-state index in [1.165, 1.54) is 16.8 Å². The van der Waals surface area contributed by atoms with Crippen molar-refractivity contribution in [2.45, 2.75) is 38.4 Å². The molecule has 1 aromatic rings. The molecule has 1 aromatic heterocycles. The molecular weight excluding hydrogens is 262 g/mol. The van der Waals surface area contributed by atoms with Crippen molar-refractivity contribution in [3.63, 3.8) is 0 Å². The zero-order valence-electron chi connectivity index (χ0n) is 11.1. The van der Waals surface area contributed by atoms with Crippen LogP contribution in [0.25, 0.3) is 0 Å². The molecule has 1 fully saturated rings. The van der Waals surface area contributed by atoms with E-state index in [9.17, 15) is 14.4 Å². The molecule has 3 N–H and O–H groups in total. The van der Waals surface area contributed by atoms with Crippen LogP contribution in [0, 0.1) is 0 Å². The first-order valence-corrected chi connectivity index (χ1v) is 6.45. The predicted molar refractivity (Wildman–Crippen MR) is 70.2 cm³/mol. The molecule has 1 heterocycles. The fraction of sp³-hybridized carbons (Fsp3) is 0.462. The largest absolute Gasteiger partial charge is 0.477 e. The summed E-state index contributed by atoms with van der Waals surface area (Å²) in [7, 11) is 0. The SMILES string of the molecule is CC(NC(=O)Cn1cccc1C(=O)O)C(=O)NC1CC1. The summed E-state index contributed by atoms with van der Waals surface area (Å²) >= 11 is 0. The van der Waals surface area contributed by atoms with Crippen LogP contribution in [-0.2, 0) is 16.1 Å². The molecule has 20 heavy (non-hydrogen) atoms. The molecule has 0 radical (unpaired) electrons. The van der Waals surface area contributed by atoms with E-state index in [1.54, 1.807) is 13.0 Å². The van der Waals surface area contributed by atoms with Crippen molar-refractivity contribution in [2.24, 2.45) is 0 Å². The minimum atomic E-state index is -1.10. The number of nitrogens with one attached hydrogen (secondary N) is 2. The fourth-order valence-corrected chi connectivity index (χ4v) is 1.81. The van der Waals surface area contributed by atoms with Gasteiger partial charge in [-0.1, -0.05) is 0 Å². The van der Waals surface area contributed by atoms with Crippen molar-refractivity contribution in [3.05, 3.63) is 24.0 Å². The second-order valence-corrected chi connectivity index (χ2v) is 4.90. The van der Waals surface area contributed by atoms with Crippen molar-refractivity contribution in [1.29, 1.82) is 0 Å². The Hall–Kier alpha value is -2.31. The van der Waals surface area contributed by atoms with Crippen LogP contribution in [0.1, 0.15) is 30.3 Å². The van der Waals surface area contributed by atoms with Crippen molar-refractivity contribution in [3.8, 4) is 0 Å². The third-order valence-electron chi connectivity index (χ3n) is 3.06. The monoisotopic (exact) mass is 279 g/mol. The number of hydrogen-bond acceptors (Lipinski definition) is 3. The fourth-order valence-electron chi connectivity index (χ4n) is 1.81. The molecule has 0 aromatic carbocycles. The molecule has 1 aliphatic carbocycles. The van der Waals surface area contributed by atoms with Crippen LogP contribution in [0.15, 0.2) is 18.3 Å². The van der Waals surface area contributed by atoms with Gasteiger partial charge in [-0.25, -0.2) is 4.79 Å². The van der Waals surface area contributed by atoms with Gasteiger partial charge in [0.15, 0.2) is 0 Å². The van der Waals surface area contributed by atoms with E-state index in [0.29, 0.717) is 0 Å². The van der Waals surface area contributed by atoms with E-state index in [2.05, 4.69) is 10.6 Å². The molecule has 1 unspecified atom stereocenters. The highest BCUT2D eigenvalue weighted by Crippen LogP contribution is 2.18. The predicted octanol–water partition coefficient (Wildman–Crippen LogP) is -0.0304. The molecule has 7 heteroatoms. The summed E-state index contributed by atoms with van der Waals surface area (Å²) in [6.45, 7) is 1.47. The normalized spacial score (nSPS) is 15.4.